The summed E-state index contributed by atoms with van der Waals surface area (Å²) in [6.45, 7) is 2.41. The minimum absolute atomic E-state index is 0.00210. The lowest BCUT2D eigenvalue weighted by Gasteiger charge is -2.08. The molecule has 1 aromatic carbocycles. The number of aromatic nitrogens is 3. The highest BCUT2D eigenvalue weighted by molar-refractivity contribution is 6.02. The van der Waals surface area contributed by atoms with Crippen molar-refractivity contribution >= 4 is 23.5 Å². The fourth-order valence-corrected chi connectivity index (χ4v) is 2.04. The normalized spacial score (nSPS) is 10.3. The molecule has 0 unspecified atom stereocenters. The monoisotopic (exact) mass is 373 g/mol. The van der Waals surface area contributed by atoms with E-state index in [9.17, 15) is 14.4 Å². The van der Waals surface area contributed by atoms with Gasteiger partial charge in [0.2, 0.25) is 5.91 Å². The van der Waals surface area contributed by atoms with E-state index >= 15 is 0 Å². The zero-order valence-corrected chi connectivity index (χ0v) is 15.6. The molecule has 1 heterocycles. The number of unbranched alkanes of at least 4 members (excludes halogenated alkanes) is 1. The summed E-state index contributed by atoms with van der Waals surface area (Å²) in [5.74, 6) is -1.01. The van der Waals surface area contributed by atoms with Crippen LogP contribution in [0.1, 0.15) is 40.6 Å². The molecular weight excluding hydrogens is 350 g/mol. The number of amides is 2. The lowest BCUT2D eigenvalue weighted by atomic mass is 10.2. The number of carbonyl (C=O) groups excluding carboxylic acids is 3. The van der Waals surface area contributed by atoms with Crippen LogP contribution < -0.4 is 5.32 Å². The van der Waals surface area contributed by atoms with Crippen LogP contribution in [0.25, 0.3) is 0 Å². The summed E-state index contributed by atoms with van der Waals surface area (Å²) in [6, 6.07) is 6.37. The van der Waals surface area contributed by atoms with Gasteiger partial charge in [-0.05, 0) is 30.7 Å². The first-order valence-electron chi connectivity index (χ1n) is 8.59. The van der Waals surface area contributed by atoms with Gasteiger partial charge in [0.25, 0.3) is 5.91 Å². The third-order valence-corrected chi connectivity index (χ3v) is 3.68. The van der Waals surface area contributed by atoms with Gasteiger partial charge < -0.3 is 15.0 Å². The average molecular weight is 373 g/mol. The Labute approximate surface area is 157 Å². The molecule has 0 aliphatic rings. The van der Waals surface area contributed by atoms with Gasteiger partial charge in [-0.25, -0.2) is 9.48 Å². The standard InChI is InChI=1S/C18H23N5O4/c1-4-5-10-27-18(26)13-6-8-14(9-7-13)19-17(25)15-11-23(21-20-15)12-16(24)22(2)3/h6-9,11H,4-5,10,12H2,1-3H3,(H,19,25). The second-order valence-electron chi connectivity index (χ2n) is 6.11. The number of ether oxygens (including phenoxy) is 1. The molecule has 1 aromatic heterocycles. The Hall–Kier alpha value is -3.23. The van der Waals surface area contributed by atoms with Gasteiger partial charge in [0.1, 0.15) is 6.54 Å². The van der Waals surface area contributed by atoms with Crippen molar-refractivity contribution in [2.75, 3.05) is 26.0 Å². The van der Waals surface area contributed by atoms with Crippen LogP contribution >= 0.6 is 0 Å². The Kier molecular flexibility index (Phi) is 7.04. The predicted molar refractivity (Wildman–Crippen MR) is 98.3 cm³/mol. The number of esters is 1. The molecule has 2 rings (SSSR count). The summed E-state index contributed by atoms with van der Waals surface area (Å²) < 4.78 is 6.43. The Morgan fingerprint density at radius 2 is 1.89 bits per heavy atom. The molecule has 0 atom stereocenters. The van der Waals surface area contributed by atoms with Crippen LogP contribution in [0.4, 0.5) is 5.69 Å². The van der Waals surface area contributed by atoms with Crippen LogP contribution in [-0.2, 0) is 16.1 Å². The smallest absolute Gasteiger partial charge is 0.338 e. The molecule has 0 saturated heterocycles. The number of nitrogens with one attached hydrogen (secondary N) is 1. The topological polar surface area (TPSA) is 106 Å². The molecule has 2 aromatic rings. The molecule has 0 radical (unpaired) electrons. The quantitative estimate of drug-likeness (QED) is 0.556. The molecule has 27 heavy (non-hydrogen) atoms. The maximum Gasteiger partial charge on any atom is 0.338 e. The van der Waals surface area contributed by atoms with E-state index in [2.05, 4.69) is 15.6 Å². The van der Waals surface area contributed by atoms with E-state index in [1.54, 1.807) is 38.4 Å². The van der Waals surface area contributed by atoms with Gasteiger partial charge >= 0.3 is 5.97 Å². The highest BCUT2D eigenvalue weighted by Crippen LogP contribution is 2.12. The predicted octanol–water partition coefficient (Wildman–Crippen LogP) is 1.58. The molecule has 0 aliphatic carbocycles. The van der Waals surface area contributed by atoms with Crippen LogP contribution in [0.5, 0.6) is 0 Å². The van der Waals surface area contributed by atoms with Gasteiger partial charge in [0, 0.05) is 19.8 Å². The number of likely N-dealkylation sites (N-methyl/N-ethyl adjacent to an activating group) is 1. The lowest BCUT2D eigenvalue weighted by molar-refractivity contribution is -0.129. The second-order valence-corrected chi connectivity index (χ2v) is 6.11. The molecule has 0 bridgehead atoms. The number of hydrogen-bond donors (Lipinski definition) is 1. The van der Waals surface area contributed by atoms with Crippen molar-refractivity contribution in [3.8, 4) is 0 Å². The van der Waals surface area contributed by atoms with Gasteiger partial charge in [-0.15, -0.1) is 5.10 Å². The minimum Gasteiger partial charge on any atom is -0.462 e. The lowest BCUT2D eigenvalue weighted by Crippen LogP contribution is -2.26. The van der Waals surface area contributed by atoms with Crippen molar-refractivity contribution in [2.24, 2.45) is 0 Å². The third kappa shape index (κ3) is 5.91. The summed E-state index contributed by atoms with van der Waals surface area (Å²) in [4.78, 5) is 37.2. The molecule has 1 N–H and O–H groups in total. The van der Waals surface area contributed by atoms with Crippen molar-refractivity contribution in [1.82, 2.24) is 19.9 Å². The number of benzene rings is 1. The zero-order chi connectivity index (χ0) is 19.8. The Morgan fingerprint density at radius 3 is 2.52 bits per heavy atom. The average Bonchev–Trinajstić information content (AvgIpc) is 3.11. The molecule has 9 heteroatoms. The Balaban J connectivity index is 1.93. The van der Waals surface area contributed by atoms with E-state index in [-0.39, 0.29) is 18.1 Å². The number of nitrogens with zero attached hydrogens (tertiary/aromatic N) is 4. The number of carbonyl (C=O) groups is 3. The van der Waals surface area contributed by atoms with Crippen LogP contribution in [0.3, 0.4) is 0 Å². The molecule has 2 amide bonds. The molecule has 144 valence electrons. The van der Waals surface area contributed by atoms with E-state index in [0.29, 0.717) is 17.9 Å². The second kappa shape index (κ2) is 9.46. The fraction of sp³-hybridized carbons (Fsp3) is 0.389. The minimum atomic E-state index is -0.461. The van der Waals surface area contributed by atoms with Crippen LogP contribution in [-0.4, -0.2) is 58.4 Å². The van der Waals surface area contributed by atoms with Crippen LogP contribution in [0.2, 0.25) is 0 Å². The maximum absolute atomic E-state index is 12.2. The van der Waals surface area contributed by atoms with Crippen LogP contribution in [0.15, 0.2) is 30.5 Å². The summed E-state index contributed by atoms with van der Waals surface area (Å²) >= 11 is 0. The van der Waals surface area contributed by atoms with Crippen LogP contribution in [0, 0.1) is 0 Å². The molecule has 0 fully saturated rings. The first-order valence-corrected chi connectivity index (χ1v) is 8.59. The summed E-state index contributed by atoms with van der Waals surface area (Å²) in [5.41, 5.74) is 1.01. The van der Waals surface area contributed by atoms with Gasteiger partial charge in [0.05, 0.1) is 18.4 Å². The SMILES string of the molecule is CCCCOC(=O)c1ccc(NC(=O)c2cn(CC(=O)N(C)C)nn2)cc1. The fourth-order valence-electron chi connectivity index (χ4n) is 2.04. The van der Waals surface area contributed by atoms with Crippen molar-refractivity contribution in [3.63, 3.8) is 0 Å². The molecule has 0 aliphatic heterocycles. The van der Waals surface area contributed by atoms with Gasteiger partial charge in [-0.1, -0.05) is 18.6 Å². The molecular formula is C18H23N5O4. The highest BCUT2D eigenvalue weighted by Gasteiger charge is 2.14. The van der Waals surface area contributed by atoms with Gasteiger partial charge in [0.15, 0.2) is 5.69 Å². The van der Waals surface area contributed by atoms with Gasteiger partial charge in [-0.2, -0.15) is 0 Å². The summed E-state index contributed by atoms with van der Waals surface area (Å²) in [7, 11) is 3.27. The number of anilines is 1. The largest absolute Gasteiger partial charge is 0.462 e. The number of hydrogen-bond acceptors (Lipinski definition) is 6. The van der Waals surface area contributed by atoms with Crippen molar-refractivity contribution in [2.45, 2.75) is 26.3 Å². The zero-order valence-electron chi connectivity index (χ0n) is 15.6. The van der Waals surface area contributed by atoms with E-state index < -0.39 is 11.9 Å². The first-order chi connectivity index (χ1) is 12.9. The van der Waals surface area contributed by atoms with E-state index in [4.69, 9.17) is 4.74 Å². The maximum atomic E-state index is 12.2. The summed E-state index contributed by atoms with van der Waals surface area (Å²) in [6.07, 6.45) is 3.17. The van der Waals surface area contributed by atoms with E-state index in [0.717, 1.165) is 12.8 Å². The Bertz CT molecular complexity index is 798. The Morgan fingerprint density at radius 1 is 1.19 bits per heavy atom. The molecule has 0 saturated carbocycles. The van der Waals surface area contributed by atoms with E-state index in [1.807, 2.05) is 6.92 Å². The van der Waals surface area contributed by atoms with Crippen molar-refractivity contribution in [1.29, 1.82) is 0 Å². The number of rotatable bonds is 8. The van der Waals surface area contributed by atoms with Gasteiger partial charge in [-0.3, -0.25) is 9.59 Å². The molecule has 0 spiro atoms. The summed E-state index contributed by atoms with van der Waals surface area (Å²) in [5, 5.41) is 10.2. The van der Waals surface area contributed by atoms with E-state index in [1.165, 1.54) is 15.8 Å². The van der Waals surface area contributed by atoms with Crippen molar-refractivity contribution in [3.05, 3.63) is 41.7 Å². The van der Waals surface area contributed by atoms with Crippen molar-refractivity contribution < 1.29 is 19.1 Å². The highest BCUT2D eigenvalue weighted by atomic mass is 16.5. The first kappa shape index (κ1) is 20.1. The third-order valence-electron chi connectivity index (χ3n) is 3.68. The molecule has 9 nitrogen and oxygen atoms in total.